The normalized spacial score (nSPS) is 16.2. The smallest absolute Gasteiger partial charge is 0.212 e. The van der Waals surface area contributed by atoms with Gasteiger partial charge in [-0.2, -0.15) is 0 Å². The monoisotopic (exact) mass is 418 g/mol. The Bertz CT molecular complexity index is 1180. The Balaban J connectivity index is 1.50. The molecule has 1 aromatic carbocycles. The lowest BCUT2D eigenvalue weighted by atomic mass is 10.2. The Morgan fingerprint density at radius 2 is 2.10 bits per heavy atom. The van der Waals surface area contributed by atoms with Crippen LogP contribution in [0.15, 0.2) is 48.1 Å². The molecule has 8 heteroatoms. The first kappa shape index (κ1) is 18.7. The van der Waals surface area contributed by atoms with Crippen molar-refractivity contribution >= 4 is 38.9 Å². The van der Waals surface area contributed by atoms with Crippen molar-refractivity contribution in [1.29, 1.82) is 0 Å². The van der Waals surface area contributed by atoms with Crippen molar-refractivity contribution in [1.82, 2.24) is 19.9 Å². The van der Waals surface area contributed by atoms with E-state index in [1.807, 2.05) is 12.1 Å². The van der Waals surface area contributed by atoms with E-state index in [-0.39, 0.29) is 0 Å². The van der Waals surface area contributed by atoms with Crippen molar-refractivity contribution in [2.24, 2.45) is 0 Å². The van der Waals surface area contributed by atoms with Crippen molar-refractivity contribution in [2.45, 2.75) is 25.8 Å². The van der Waals surface area contributed by atoms with Crippen LogP contribution in [-0.2, 0) is 0 Å². The zero-order valence-corrected chi connectivity index (χ0v) is 17.7. The van der Waals surface area contributed by atoms with Crippen LogP contribution in [0.4, 0.5) is 17.2 Å². The number of hydrogen-bond acceptors (Lipinski definition) is 8. The van der Waals surface area contributed by atoms with Gasteiger partial charge < -0.3 is 15.0 Å². The number of thiazole rings is 1. The molecular weight excluding hydrogens is 396 g/mol. The number of methoxy groups -OCH3 is 1. The first-order valence-corrected chi connectivity index (χ1v) is 10.8. The molecule has 0 bridgehead atoms. The summed E-state index contributed by atoms with van der Waals surface area (Å²) in [5, 5.41) is 3.47. The number of hydrogen-bond donors (Lipinski definition) is 1. The molecule has 1 fully saturated rings. The predicted octanol–water partition coefficient (Wildman–Crippen LogP) is 4.89. The van der Waals surface area contributed by atoms with Crippen molar-refractivity contribution in [3.63, 3.8) is 0 Å². The maximum atomic E-state index is 5.15. The second-order valence-corrected chi connectivity index (χ2v) is 8.18. The number of ether oxygens (including phenoxy) is 1. The molecule has 0 radical (unpaired) electrons. The standard InChI is InChI=1S/C22H22N6OS/c1-14-5-4-10-28(14)17-7-3-6-16(11-17)25-21-19-22(30-13-24-19)27-20(26-21)15-8-9-18(29-2)23-12-15/h3,6-9,11-14H,4-5,10H2,1-2H3,(H,25,26,27). The molecule has 4 heterocycles. The number of nitrogens with one attached hydrogen (secondary N) is 1. The summed E-state index contributed by atoms with van der Waals surface area (Å²) in [7, 11) is 1.60. The third-order valence-electron chi connectivity index (χ3n) is 5.40. The highest BCUT2D eigenvalue weighted by molar-refractivity contribution is 7.16. The van der Waals surface area contributed by atoms with E-state index in [1.165, 1.54) is 29.9 Å². The van der Waals surface area contributed by atoms with Gasteiger partial charge in [0.25, 0.3) is 0 Å². The lowest BCUT2D eigenvalue weighted by Crippen LogP contribution is -2.26. The van der Waals surface area contributed by atoms with Gasteiger partial charge in [0.05, 0.1) is 12.6 Å². The van der Waals surface area contributed by atoms with Crippen LogP contribution in [0.5, 0.6) is 5.88 Å². The maximum absolute atomic E-state index is 5.15. The van der Waals surface area contributed by atoms with Crippen molar-refractivity contribution in [3.05, 3.63) is 48.1 Å². The summed E-state index contributed by atoms with van der Waals surface area (Å²) in [6, 6.07) is 12.8. The minimum Gasteiger partial charge on any atom is -0.481 e. The van der Waals surface area contributed by atoms with Gasteiger partial charge in [-0.1, -0.05) is 6.07 Å². The molecule has 1 aliphatic heterocycles. The molecular formula is C22H22N6OS. The van der Waals surface area contributed by atoms with E-state index in [0.717, 1.165) is 28.1 Å². The molecule has 0 aliphatic carbocycles. The maximum Gasteiger partial charge on any atom is 0.212 e. The fraction of sp³-hybridized carbons (Fsp3) is 0.273. The first-order chi connectivity index (χ1) is 14.7. The Labute approximate surface area is 178 Å². The summed E-state index contributed by atoms with van der Waals surface area (Å²) in [6.07, 6.45) is 4.20. The summed E-state index contributed by atoms with van der Waals surface area (Å²) in [5.74, 6) is 1.86. The molecule has 5 rings (SSSR count). The number of pyridine rings is 1. The summed E-state index contributed by atoms with van der Waals surface area (Å²) in [6.45, 7) is 3.38. The second-order valence-electron chi connectivity index (χ2n) is 7.35. The minimum absolute atomic E-state index is 0.559. The molecule has 1 aliphatic rings. The number of fused-ring (bicyclic) bond motifs is 1. The van der Waals surface area contributed by atoms with Crippen LogP contribution in [0.25, 0.3) is 21.7 Å². The Hall–Kier alpha value is -3.26. The van der Waals surface area contributed by atoms with E-state index in [2.05, 4.69) is 56.4 Å². The van der Waals surface area contributed by atoms with E-state index < -0.39 is 0 Å². The van der Waals surface area contributed by atoms with Gasteiger partial charge in [-0.15, -0.1) is 11.3 Å². The summed E-state index contributed by atoms with van der Waals surface area (Å²) in [5.41, 5.74) is 5.61. The van der Waals surface area contributed by atoms with Crippen LogP contribution in [0.3, 0.4) is 0 Å². The van der Waals surface area contributed by atoms with Crippen LogP contribution < -0.4 is 15.0 Å². The molecule has 1 atom stereocenters. The highest BCUT2D eigenvalue weighted by Gasteiger charge is 2.21. The highest BCUT2D eigenvalue weighted by atomic mass is 32.1. The van der Waals surface area contributed by atoms with Gasteiger partial charge in [0.15, 0.2) is 11.6 Å². The van der Waals surface area contributed by atoms with E-state index in [9.17, 15) is 0 Å². The summed E-state index contributed by atoms with van der Waals surface area (Å²) < 4.78 is 5.15. The Morgan fingerprint density at radius 1 is 1.17 bits per heavy atom. The van der Waals surface area contributed by atoms with Crippen molar-refractivity contribution < 1.29 is 4.74 Å². The fourth-order valence-corrected chi connectivity index (χ4v) is 4.49. The molecule has 0 amide bonds. The average Bonchev–Trinajstić information content (AvgIpc) is 3.43. The van der Waals surface area contributed by atoms with Gasteiger partial charge in [-0.3, -0.25) is 0 Å². The van der Waals surface area contributed by atoms with Crippen LogP contribution in [0.2, 0.25) is 0 Å². The molecule has 30 heavy (non-hydrogen) atoms. The molecule has 152 valence electrons. The molecule has 3 aromatic heterocycles. The second kappa shape index (κ2) is 7.87. The molecule has 0 saturated carbocycles. The summed E-state index contributed by atoms with van der Waals surface area (Å²) >= 11 is 1.50. The fourth-order valence-electron chi connectivity index (χ4n) is 3.83. The van der Waals surface area contributed by atoms with Gasteiger partial charge in [0, 0.05) is 41.8 Å². The SMILES string of the molecule is COc1ccc(-c2nc(Nc3cccc(N4CCCC4C)c3)c3ncsc3n2)cn1. The lowest BCUT2D eigenvalue weighted by molar-refractivity contribution is 0.398. The number of anilines is 3. The Kier molecular flexibility index (Phi) is 4.92. The number of nitrogens with zero attached hydrogens (tertiary/aromatic N) is 5. The summed E-state index contributed by atoms with van der Waals surface area (Å²) in [4.78, 5) is 21.5. The van der Waals surface area contributed by atoms with Gasteiger partial charge in [-0.25, -0.2) is 19.9 Å². The molecule has 1 N–H and O–H groups in total. The van der Waals surface area contributed by atoms with Gasteiger partial charge in [0.1, 0.15) is 10.3 Å². The van der Waals surface area contributed by atoms with E-state index >= 15 is 0 Å². The highest BCUT2D eigenvalue weighted by Crippen LogP contribution is 2.31. The first-order valence-electron chi connectivity index (χ1n) is 9.96. The van der Waals surface area contributed by atoms with Crippen LogP contribution in [0.1, 0.15) is 19.8 Å². The zero-order chi connectivity index (χ0) is 20.5. The third-order valence-corrected chi connectivity index (χ3v) is 6.11. The number of rotatable bonds is 5. The number of aromatic nitrogens is 4. The van der Waals surface area contributed by atoms with Crippen LogP contribution in [0, 0.1) is 0 Å². The lowest BCUT2D eigenvalue weighted by Gasteiger charge is -2.24. The van der Waals surface area contributed by atoms with Gasteiger partial charge in [0.2, 0.25) is 5.88 Å². The molecule has 1 unspecified atom stereocenters. The third kappa shape index (κ3) is 3.54. The van der Waals surface area contributed by atoms with E-state index in [1.54, 1.807) is 18.8 Å². The largest absolute Gasteiger partial charge is 0.481 e. The minimum atomic E-state index is 0.559. The molecule has 0 spiro atoms. The molecule has 4 aromatic rings. The number of benzene rings is 1. The molecule has 1 saturated heterocycles. The van der Waals surface area contributed by atoms with Crippen LogP contribution >= 0.6 is 11.3 Å². The topological polar surface area (TPSA) is 76.1 Å². The van der Waals surface area contributed by atoms with Crippen molar-refractivity contribution in [2.75, 3.05) is 23.9 Å². The predicted molar refractivity (Wildman–Crippen MR) is 121 cm³/mol. The quantitative estimate of drug-likeness (QED) is 0.494. The van der Waals surface area contributed by atoms with Gasteiger partial charge >= 0.3 is 0 Å². The Morgan fingerprint density at radius 3 is 2.87 bits per heavy atom. The average molecular weight is 419 g/mol. The zero-order valence-electron chi connectivity index (χ0n) is 16.9. The van der Waals surface area contributed by atoms with Crippen LogP contribution in [-0.4, -0.2) is 39.6 Å². The van der Waals surface area contributed by atoms with E-state index in [0.29, 0.717) is 23.6 Å². The van der Waals surface area contributed by atoms with Crippen molar-refractivity contribution in [3.8, 4) is 17.3 Å². The molecule has 7 nitrogen and oxygen atoms in total. The van der Waals surface area contributed by atoms with Gasteiger partial charge in [-0.05, 0) is 44.0 Å². The van der Waals surface area contributed by atoms with E-state index in [4.69, 9.17) is 9.72 Å².